The highest BCUT2D eigenvalue weighted by molar-refractivity contribution is 8.06. The number of fused-ring (bicyclic) bond motifs is 2. The van der Waals surface area contributed by atoms with Gasteiger partial charge in [-0.05, 0) is 31.4 Å². The van der Waals surface area contributed by atoms with Crippen molar-refractivity contribution < 1.29 is 0 Å². The molecule has 1 saturated heterocycles. The minimum atomic E-state index is -0.248. The second kappa shape index (κ2) is 5.39. The molecule has 100 valence electrons. The monoisotopic (exact) mass is 296 g/mol. The summed E-state index contributed by atoms with van der Waals surface area (Å²) in [5, 5.41) is 3.77. The SMILES string of the molecule is C1=CC2SC3=CCCC=C3P(c3ccccc3)C2C=C1. The van der Waals surface area contributed by atoms with Gasteiger partial charge < -0.3 is 0 Å². The number of allylic oxidation sites excluding steroid dienone is 6. The van der Waals surface area contributed by atoms with E-state index in [2.05, 4.69) is 78.5 Å². The lowest BCUT2D eigenvalue weighted by molar-refractivity contribution is 1.01. The van der Waals surface area contributed by atoms with Crippen molar-refractivity contribution in [1.82, 2.24) is 0 Å². The number of rotatable bonds is 1. The zero-order valence-electron chi connectivity index (χ0n) is 11.3. The van der Waals surface area contributed by atoms with Gasteiger partial charge >= 0.3 is 0 Å². The van der Waals surface area contributed by atoms with E-state index in [1.54, 1.807) is 10.2 Å². The molecule has 1 aliphatic heterocycles. The van der Waals surface area contributed by atoms with Crippen LogP contribution in [0.3, 0.4) is 0 Å². The molecular formula is C18H17PS. The van der Waals surface area contributed by atoms with Crippen molar-refractivity contribution in [2.45, 2.75) is 23.8 Å². The minimum absolute atomic E-state index is 0.248. The Balaban J connectivity index is 1.82. The summed E-state index contributed by atoms with van der Waals surface area (Å²) in [6.07, 6.45) is 16.7. The Labute approximate surface area is 126 Å². The third kappa shape index (κ3) is 2.14. The van der Waals surface area contributed by atoms with Gasteiger partial charge in [0.15, 0.2) is 0 Å². The molecule has 3 atom stereocenters. The van der Waals surface area contributed by atoms with E-state index in [0.29, 0.717) is 10.9 Å². The van der Waals surface area contributed by atoms with Crippen LogP contribution in [-0.4, -0.2) is 10.9 Å². The summed E-state index contributed by atoms with van der Waals surface area (Å²) in [7, 11) is -0.248. The number of benzene rings is 1. The highest BCUT2D eigenvalue weighted by Crippen LogP contribution is 2.63. The predicted molar refractivity (Wildman–Crippen MR) is 91.8 cm³/mol. The molecule has 2 heteroatoms. The summed E-state index contributed by atoms with van der Waals surface area (Å²) in [5.74, 6) is 0. The molecule has 3 unspecified atom stereocenters. The van der Waals surface area contributed by atoms with Gasteiger partial charge in [-0.15, -0.1) is 11.8 Å². The molecule has 0 spiro atoms. The molecule has 4 rings (SSSR count). The molecule has 1 aromatic carbocycles. The molecule has 2 aliphatic carbocycles. The maximum atomic E-state index is 2.50. The Bertz CT molecular complexity index is 624. The zero-order chi connectivity index (χ0) is 13.4. The molecule has 0 N–H and O–H groups in total. The van der Waals surface area contributed by atoms with Crippen molar-refractivity contribution in [3.8, 4) is 0 Å². The van der Waals surface area contributed by atoms with E-state index in [9.17, 15) is 0 Å². The van der Waals surface area contributed by atoms with E-state index >= 15 is 0 Å². The molecule has 1 heterocycles. The van der Waals surface area contributed by atoms with Crippen LogP contribution in [0.2, 0.25) is 0 Å². The van der Waals surface area contributed by atoms with Gasteiger partial charge in [-0.1, -0.05) is 66.8 Å². The second-order valence-corrected chi connectivity index (χ2v) is 8.84. The van der Waals surface area contributed by atoms with Crippen molar-refractivity contribution in [3.05, 3.63) is 77.0 Å². The van der Waals surface area contributed by atoms with Gasteiger partial charge in [-0.3, -0.25) is 0 Å². The van der Waals surface area contributed by atoms with E-state index < -0.39 is 0 Å². The van der Waals surface area contributed by atoms with Crippen LogP contribution < -0.4 is 5.30 Å². The van der Waals surface area contributed by atoms with Gasteiger partial charge in [0.1, 0.15) is 0 Å². The highest BCUT2D eigenvalue weighted by atomic mass is 32.2. The van der Waals surface area contributed by atoms with Gasteiger partial charge in [0.05, 0.1) is 0 Å². The van der Waals surface area contributed by atoms with Crippen LogP contribution in [0.4, 0.5) is 0 Å². The van der Waals surface area contributed by atoms with Crippen LogP contribution in [0, 0.1) is 0 Å². The van der Waals surface area contributed by atoms with Crippen molar-refractivity contribution in [2.24, 2.45) is 0 Å². The third-order valence-corrected chi connectivity index (χ3v) is 8.60. The first kappa shape index (κ1) is 12.7. The molecule has 3 aliphatic rings. The predicted octanol–water partition coefficient (Wildman–Crippen LogP) is 4.97. The fourth-order valence-corrected chi connectivity index (χ4v) is 7.96. The van der Waals surface area contributed by atoms with Crippen LogP contribution in [0.5, 0.6) is 0 Å². The summed E-state index contributed by atoms with van der Waals surface area (Å²) in [5.41, 5.74) is 0.656. The lowest BCUT2D eigenvalue weighted by Crippen LogP contribution is -2.28. The highest BCUT2D eigenvalue weighted by Gasteiger charge is 2.38. The maximum absolute atomic E-state index is 2.50. The second-order valence-electron chi connectivity index (χ2n) is 5.28. The van der Waals surface area contributed by atoms with E-state index in [1.165, 1.54) is 18.1 Å². The summed E-state index contributed by atoms with van der Waals surface area (Å²) in [4.78, 5) is 1.55. The van der Waals surface area contributed by atoms with Gasteiger partial charge in [-0.2, -0.15) is 0 Å². The molecule has 0 bridgehead atoms. The minimum Gasteiger partial charge on any atom is -0.117 e. The van der Waals surface area contributed by atoms with Crippen molar-refractivity contribution in [2.75, 3.05) is 0 Å². The standard InChI is InChI=1S/C18H17PS/c1-2-8-14(9-3-1)19-15-10-4-6-12-17(15)20-18-13-7-5-11-16(18)19/h1-4,6,8-13,15,17H,5,7H2. The summed E-state index contributed by atoms with van der Waals surface area (Å²) < 4.78 is 0. The average Bonchev–Trinajstić information content (AvgIpc) is 2.53. The van der Waals surface area contributed by atoms with E-state index in [1.807, 2.05) is 0 Å². The van der Waals surface area contributed by atoms with Crippen LogP contribution >= 0.6 is 19.7 Å². The Kier molecular flexibility index (Phi) is 3.42. The van der Waals surface area contributed by atoms with Crippen LogP contribution in [0.15, 0.2) is 77.0 Å². The largest absolute Gasteiger partial charge is 0.117 e. The normalized spacial score (nSPS) is 31.1. The number of hydrogen-bond donors (Lipinski definition) is 0. The number of hydrogen-bond acceptors (Lipinski definition) is 1. The molecule has 20 heavy (non-hydrogen) atoms. The first-order valence-electron chi connectivity index (χ1n) is 7.20. The molecule has 0 radical (unpaired) electrons. The summed E-state index contributed by atoms with van der Waals surface area (Å²) >= 11 is 2.07. The summed E-state index contributed by atoms with van der Waals surface area (Å²) in [6, 6.07) is 11.1. The summed E-state index contributed by atoms with van der Waals surface area (Å²) in [6.45, 7) is 0. The maximum Gasteiger partial charge on any atom is 0.0386 e. The Morgan fingerprint density at radius 1 is 0.950 bits per heavy atom. The Morgan fingerprint density at radius 3 is 2.65 bits per heavy atom. The van der Waals surface area contributed by atoms with Gasteiger partial charge in [0, 0.05) is 15.8 Å². The molecule has 0 aromatic heterocycles. The fourth-order valence-electron chi connectivity index (χ4n) is 3.09. The topological polar surface area (TPSA) is 0 Å². The van der Waals surface area contributed by atoms with Gasteiger partial charge in [0.2, 0.25) is 0 Å². The quantitative estimate of drug-likeness (QED) is 0.660. The van der Waals surface area contributed by atoms with Crippen molar-refractivity contribution in [3.63, 3.8) is 0 Å². The van der Waals surface area contributed by atoms with Crippen LogP contribution in [0.25, 0.3) is 0 Å². The Hall–Kier alpha value is -1.04. The zero-order valence-corrected chi connectivity index (χ0v) is 13.0. The van der Waals surface area contributed by atoms with E-state index in [4.69, 9.17) is 0 Å². The molecule has 0 nitrogen and oxygen atoms in total. The lowest BCUT2D eigenvalue weighted by atomic mass is 10.2. The molecule has 0 saturated carbocycles. The van der Waals surface area contributed by atoms with E-state index in [-0.39, 0.29) is 7.92 Å². The van der Waals surface area contributed by atoms with E-state index in [0.717, 1.165) is 0 Å². The van der Waals surface area contributed by atoms with Crippen molar-refractivity contribution in [1.29, 1.82) is 0 Å². The van der Waals surface area contributed by atoms with Gasteiger partial charge in [-0.25, -0.2) is 0 Å². The first-order chi connectivity index (χ1) is 9.93. The van der Waals surface area contributed by atoms with Crippen molar-refractivity contribution >= 4 is 25.0 Å². The molecular weight excluding hydrogens is 279 g/mol. The smallest absolute Gasteiger partial charge is 0.0386 e. The van der Waals surface area contributed by atoms with Crippen LogP contribution in [0.1, 0.15) is 12.8 Å². The third-order valence-electron chi connectivity index (χ3n) is 4.00. The molecule has 1 aromatic rings. The van der Waals surface area contributed by atoms with Crippen LogP contribution in [-0.2, 0) is 0 Å². The number of thioether (sulfide) groups is 1. The molecule has 0 amide bonds. The Morgan fingerprint density at radius 2 is 1.75 bits per heavy atom. The average molecular weight is 296 g/mol. The first-order valence-corrected chi connectivity index (χ1v) is 9.49. The fraction of sp³-hybridized carbons (Fsp3) is 0.222. The molecule has 1 fully saturated rings. The lowest BCUT2D eigenvalue weighted by Gasteiger charge is -2.41. The van der Waals surface area contributed by atoms with Gasteiger partial charge in [0.25, 0.3) is 0 Å².